The fourth-order valence-corrected chi connectivity index (χ4v) is 4.75. The van der Waals surface area contributed by atoms with Gasteiger partial charge >= 0.3 is 7.82 Å². The third kappa shape index (κ3) is 5.06. The minimum atomic E-state index is -4.15. The van der Waals surface area contributed by atoms with Crippen LogP contribution in [-0.4, -0.2) is 5.11 Å². The van der Waals surface area contributed by atoms with Crippen LogP contribution in [0.15, 0.2) is 91.0 Å². The maximum absolute atomic E-state index is 13.9. The molecular formula is C26H25O5P. The number of aryl methyl sites for hydroxylation is 1. The molecule has 0 spiro atoms. The first kappa shape index (κ1) is 21.8. The highest BCUT2D eigenvalue weighted by atomic mass is 31.2. The Morgan fingerprint density at radius 2 is 1.28 bits per heavy atom. The number of fused-ring (bicyclic) bond motifs is 1. The molecule has 0 saturated carbocycles. The summed E-state index contributed by atoms with van der Waals surface area (Å²) >= 11 is 0. The zero-order chi connectivity index (χ0) is 22.4. The van der Waals surface area contributed by atoms with Crippen LogP contribution in [0.25, 0.3) is 10.8 Å². The number of unbranched alkanes of at least 4 members (excludes halogenated alkanes) is 1. The highest BCUT2D eigenvalue weighted by molar-refractivity contribution is 7.49. The molecule has 164 valence electrons. The van der Waals surface area contributed by atoms with E-state index in [1.165, 1.54) is 0 Å². The average molecular weight is 448 g/mol. The van der Waals surface area contributed by atoms with Gasteiger partial charge in [-0.2, -0.15) is 4.57 Å². The van der Waals surface area contributed by atoms with E-state index >= 15 is 0 Å². The van der Waals surface area contributed by atoms with Crippen molar-refractivity contribution >= 4 is 18.6 Å². The number of para-hydroxylation sites is 2. The summed E-state index contributed by atoms with van der Waals surface area (Å²) in [5, 5.41) is 11.8. The first-order chi connectivity index (χ1) is 15.6. The van der Waals surface area contributed by atoms with Crippen LogP contribution in [0.5, 0.6) is 23.0 Å². The Balaban J connectivity index is 1.80. The van der Waals surface area contributed by atoms with Crippen molar-refractivity contribution in [3.05, 3.63) is 96.6 Å². The smallest absolute Gasteiger partial charge is 0.507 e. The quantitative estimate of drug-likeness (QED) is 0.268. The van der Waals surface area contributed by atoms with Crippen molar-refractivity contribution in [3.8, 4) is 23.0 Å². The molecule has 0 fully saturated rings. The summed E-state index contributed by atoms with van der Waals surface area (Å²) in [5.74, 6) is 1.28. The topological polar surface area (TPSA) is 65.0 Å². The third-order valence-electron chi connectivity index (χ3n) is 4.97. The van der Waals surface area contributed by atoms with Gasteiger partial charge in [-0.25, -0.2) is 0 Å². The number of hydrogen-bond acceptors (Lipinski definition) is 5. The van der Waals surface area contributed by atoms with Crippen molar-refractivity contribution in [1.82, 2.24) is 0 Å². The molecule has 0 aliphatic rings. The normalized spacial score (nSPS) is 11.3. The van der Waals surface area contributed by atoms with Crippen molar-refractivity contribution in [2.24, 2.45) is 0 Å². The van der Waals surface area contributed by atoms with Gasteiger partial charge in [-0.3, -0.25) is 0 Å². The SMILES string of the molecule is CCCCc1cc(O)c2ccccc2c1OP(=O)(Oc1ccccc1)Oc1ccccc1. The van der Waals surface area contributed by atoms with Gasteiger partial charge in [-0.05, 0) is 48.7 Å². The summed E-state index contributed by atoms with van der Waals surface area (Å²) in [7, 11) is -4.15. The molecule has 0 saturated heterocycles. The van der Waals surface area contributed by atoms with Crippen LogP contribution in [0, 0.1) is 0 Å². The Labute approximate surface area is 187 Å². The van der Waals surface area contributed by atoms with Crippen molar-refractivity contribution in [1.29, 1.82) is 0 Å². The molecule has 0 radical (unpaired) electrons. The lowest BCUT2D eigenvalue weighted by atomic mass is 10.0. The van der Waals surface area contributed by atoms with Crippen LogP contribution in [0.3, 0.4) is 0 Å². The number of phosphoric acid groups is 1. The molecular weight excluding hydrogens is 423 g/mol. The van der Waals surface area contributed by atoms with Gasteiger partial charge in [-0.1, -0.05) is 74.0 Å². The van der Waals surface area contributed by atoms with Gasteiger partial charge in [0.15, 0.2) is 0 Å². The molecule has 4 rings (SSSR count). The monoisotopic (exact) mass is 448 g/mol. The largest absolute Gasteiger partial charge is 0.647 e. The summed E-state index contributed by atoms with van der Waals surface area (Å²) in [6, 6.07) is 26.5. The van der Waals surface area contributed by atoms with Crippen LogP contribution in [0.2, 0.25) is 0 Å². The Bertz CT molecular complexity index is 1180. The van der Waals surface area contributed by atoms with Crippen molar-refractivity contribution < 1.29 is 23.2 Å². The van der Waals surface area contributed by atoms with Gasteiger partial charge in [0.05, 0.1) is 0 Å². The second kappa shape index (κ2) is 9.80. The standard InChI is InChI=1S/C26H25O5P/c1-2-3-12-20-19-25(27)23-17-10-11-18-24(23)26(20)31-32(28,29-21-13-6-4-7-14-21)30-22-15-8-5-9-16-22/h4-11,13-19,27H,2-3,12H2,1H3. The van der Waals surface area contributed by atoms with Crippen molar-refractivity contribution in [3.63, 3.8) is 0 Å². The second-order valence-electron chi connectivity index (χ2n) is 7.38. The predicted molar refractivity (Wildman–Crippen MR) is 127 cm³/mol. The molecule has 5 nitrogen and oxygen atoms in total. The van der Waals surface area contributed by atoms with Crippen LogP contribution >= 0.6 is 7.82 Å². The van der Waals surface area contributed by atoms with E-state index in [9.17, 15) is 9.67 Å². The van der Waals surface area contributed by atoms with Gasteiger partial charge in [-0.15, -0.1) is 0 Å². The van der Waals surface area contributed by atoms with Gasteiger partial charge in [0.2, 0.25) is 0 Å². The maximum atomic E-state index is 13.9. The number of phosphoric ester groups is 1. The van der Waals surface area contributed by atoms with E-state index in [1.807, 2.05) is 30.3 Å². The van der Waals surface area contributed by atoms with Gasteiger partial charge in [0.25, 0.3) is 0 Å². The van der Waals surface area contributed by atoms with E-state index in [0.29, 0.717) is 34.4 Å². The van der Waals surface area contributed by atoms with Crippen LogP contribution in [0.4, 0.5) is 0 Å². The highest BCUT2D eigenvalue weighted by Crippen LogP contribution is 2.52. The predicted octanol–water partition coefficient (Wildman–Crippen LogP) is 7.53. The molecule has 32 heavy (non-hydrogen) atoms. The molecule has 0 aliphatic carbocycles. The zero-order valence-corrected chi connectivity index (χ0v) is 18.7. The first-order valence-corrected chi connectivity index (χ1v) is 12.1. The second-order valence-corrected chi connectivity index (χ2v) is 8.82. The van der Waals surface area contributed by atoms with Crippen molar-refractivity contribution in [2.45, 2.75) is 26.2 Å². The molecule has 0 aromatic heterocycles. The number of aromatic hydroxyl groups is 1. The van der Waals surface area contributed by atoms with Crippen LogP contribution in [0.1, 0.15) is 25.3 Å². The summed E-state index contributed by atoms with van der Waals surface area (Å²) in [6.45, 7) is 2.09. The Morgan fingerprint density at radius 1 is 0.750 bits per heavy atom. The molecule has 0 unspecified atom stereocenters. The lowest BCUT2D eigenvalue weighted by molar-refractivity contribution is 0.298. The lowest BCUT2D eigenvalue weighted by Crippen LogP contribution is -2.09. The van der Waals surface area contributed by atoms with Crippen LogP contribution < -0.4 is 13.6 Å². The van der Waals surface area contributed by atoms with E-state index in [0.717, 1.165) is 18.4 Å². The minimum absolute atomic E-state index is 0.154. The summed E-state index contributed by atoms with van der Waals surface area (Å²) in [5.41, 5.74) is 0.747. The van der Waals surface area contributed by atoms with E-state index in [4.69, 9.17) is 13.6 Å². The van der Waals surface area contributed by atoms with Gasteiger partial charge in [0.1, 0.15) is 23.0 Å². The summed E-state index contributed by atoms with van der Waals surface area (Å²) in [6.07, 6.45) is 2.50. The number of phenolic OH excluding ortho intramolecular Hbond substituents is 1. The van der Waals surface area contributed by atoms with Crippen molar-refractivity contribution in [2.75, 3.05) is 0 Å². The Hall–Kier alpha value is -3.43. The first-order valence-electron chi connectivity index (χ1n) is 10.6. The van der Waals surface area contributed by atoms with E-state index in [1.54, 1.807) is 60.7 Å². The Morgan fingerprint density at radius 3 is 1.84 bits per heavy atom. The number of phenols is 1. The van der Waals surface area contributed by atoms with E-state index in [-0.39, 0.29) is 5.75 Å². The fourth-order valence-electron chi connectivity index (χ4n) is 3.44. The molecule has 0 atom stereocenters. The molecule has 0 heterocycles. The van der Waals surface area contributed by atoms with E-state index < -0.39 is 7.82 Å². The molecule has 0 bridgehead atoms. The summed E-state index contributed by atoms with van der Waals surface area (Å²) in [4.78, 5) is 0. The van der Waals surface area contributed by atoms with E-state index in [2.05, 4.69) is 6.92 Å². The van der Waals surface area contributed by atoms with Gasteiger partial charge < -0.3 is 18.7 Å². The summed E-state index contributed by atoms with van der Waals surface area (Å²) < 4.78 is 31.6. The molecule has 0 aliphatic heterocycles. The number of rotatable bonds is 9. The molecule has 6 heteroatoms. The third-order valence-corrected chi connectivity index (χ3v) is 6.25. The maximum Gasteiger partial charge on any atom is 0.647 e. The fraction of sp³-hybridized carbons (Fsp3) is 0.154. The molecule has 0 amide bonds. The number of benzene rings is 4. The molecule has 1 N–H and O–H groups in total. The Kier molecular flexibility index (Phi) is 6.67. The lowest BCUT2D eigenvalue weighted by Gasteiger charge is -2.22. The van der Waals surface area contributed by atoms with Crippen LogP contribution in [-0.2, 0) is 11.0 Å². The average Bonchev–Trinajstić information content (AvgIpc) is 2.81. The number of hydrogen-bond donors (Lipinski definition) is 1. The highest BCUT2D eigenvalue weighted by Gasteiger charge is 2.35. The van der Waals surface area contributed by atoms with Gasteiger partial charge in [0, 0.05) is 10.8 Å². The molecule has 4 aromatic rings. The molecule has 4 aromatic carbocycles. The minimum Gasteiger partial charge on any atom is -0.507 e. The zero-order valence-electron chi connectivity index (χ0n) is 17.8.